The van der Waals surface area contributed by atoms with Crippen molar-refractivity contribution < 1.29 is 18.7 Å². The molecule has 0 saturated heterocycles. The molecule has 0 atom stereocenters. The van der Waals surface area contributed by atoms with Crippen molar-refractivity contribution in [2.24, 2.45) is 0 Å². The van der Waals surface area contributed by atoms with E-state index >= 15 is 0 Å². The second-order valence-electron chi connectivity index (χ2n) is 7.99. The van der Waals surface area contributed by atoms with Crippen LogP contribution in [-0.2, 0) is 6.54 Å². The van der Waals surface area contributed by atoms with Gasteiger partial charge in [0.05, 0.1) is 17.8 Å². The molecule has 172 valence electrons. The minimum atomic E-state index is -0.490. The van der Waals surface area contributed by atoms with Gasteiger partial charge in [-0.25, -0.2) is 28.2 Å². The number of nitrogens with two attached hydrogens (primary N) is 1. The van der Waals surface area contributed by atoms with Gasteiger partial charge in [0, 0.05) is 41.8 Å². The molecule has 0 saturated carbocycles. The molecular formula is C23H21FN7O3+. The third kappa shape index (κ3) is 3.38. The molecule has 4 heterocycles. The summed E-state index contributed by atoms with van der Waals surface area (Å²) in [7, 11) is 0. The number of nitrogens with zero attached hydrogens (tertiary/aromatic N) is 6. The molecule has 10 nitrogen and oxygen atoms in total. The number of aromatic nitrogens is 6. The van der Waals surface area contributed by atoms with Gasteiger partial charge in [-0.3, -0.25) is 5.21 Å². The van der Waals surface area contributed by atoms with Gasteiger partial charge in [0.1, 0.15) is 17.3 Å². The number of anilines is 1. The summed E-state index contributed by atoms with van der Waals surface area (Å²) in [6.07, 6.45) is 1.30. The molecule has 11 heteroatoms. The van der Waals surface area contributed by atoms with Crippen molar-refractivity contribution >= 4 is 11.6 Å². The normalized spacial score (nSPS) is 11.4. The van der Waals surface area contributed by atoms with Crippen molar-refractivity contribution in [2.45, 2.75) is 27.3 Å². The maximum Gasteiger partial charge on any atom is 0.353 e. The van der Waals surface area contributed by atoms with E-state index in [2.05, 4.69) is 15.1 Å². The van der Waals surface area contributed by atoms with Gasteiger partial charge in [0.15, 0.2) is 12.0 Å². The van der Waals surface area contributed by atoms with Crippen LogP contribution >= 0.6 is 0 Å². The van der Waals surface area contributed by atoms with Gasteiger partial charge in [-0.05, 0) is 31.2 Å². The fourth-order valence-corrected chi connectivity index (χ4v) is 3.95. The molecule has 0 radical (unpaired) electrons. The third-order valence-electron chi connectivity index (χ3n) is 5.70. The molecule has 3 N–H and O–H groups in total. The van der Waals surface area contributed by atoms with E-state index in [0.717, 1.165) is 4.73 Å². The van der Waals surface area contributed by atoms with E-state index in [1.54, 1.807) is 45.0 Å². The Labute approximate surface area is 192 Å². The maximum absolute atomic E-state index is 13.6. The monoisotopic (exact) mass is 462 g/mol. The summed E-state index contributed by atoms with van der Waals surface area (Å²) >= 11 is 0. The number of halogens is 1. The lowest BCUT2D eigenvalue weighted by Gasteiger charge is -2.12. The molecule has 0 aliphatic rings. The Balaban J connectivity index is 1.85. The number of aryl methyl sites for hydroxylation is 3. The molecule has 0 unspecified atom stereocenters. The first kappa shape index (κ1) is 21.3. The molecule has 0 aliphatic heterocycles. The zero-order chi connectivity index (χ0) is 24.1. The van der Waals surface area contributed by atoms with Crippen LogP contribution in [0.3, 0.4) is 0 Å². The van der Waals surface area contributed by atoms with Crippen molar-refractivity contribution in [3.8, 4) is 22.4 Å². The number of rotatable bonds is 4. The fraction of sp³-hybridized carbons (Fsp3) is 0.174. The average Bonchev–Trinajstić information content (AvgIpc) is 3.35. The first-order valence-corrected chi connectivity index (χ1v) is 10.4. The Hall–Kier alpha value is -4.54. The number of fused-ring (bicyclic) bond motifs is 1. The van der Waals surface area contributed by atoms with Gasteiger partial charge in [-0.15, -0.1) is 5.10 Å². The van der Waals surface area contributed by atoms with Crippen LogP contribution in [-0.4, -0.2) is 29.4 Å². The highest BCUT2D eigenvalue weighted by Gasteiger charge is 2.24. The molecule has 0 fully saturated rings. The van der Waals surface area contributed by atoms with E-state index in [4.69, 9.17) is 10.2 Å². The van der Waals surface area contributed by atoms with E-state index in [1.807, 2.05) is 0 Å². The quantitative estimate of drug-likeness (QED) is 0.310. The summed E-state index contributed by atoms with van der Waals surface area (Å²) in [6.45, 7) is 5.32. The van der Waals surface area contributed by atoms with E-state index in [0.29, 0.717) is 45.2 Å². The Bertz CT molecular complexity index is 1590. The van der Waals surface area contributed by atoms with Crippen LogP contribution in [0.5, 0.6) is 0 Å². The molecule has 0 amide bonds. The zero-order valence-corrected chi connectivity index (χ0v) is 18.7. The zero-order valence-electron chi connectivity index (χ0n) is 18.7. The maximum atomic E-state index is 13.6. The largest absolute Gasteiger partial charge is 0.448 e. The van der Waals surface area contributed by atoms with Crippen molar-refractivity contribution in [3.05, 3.63) is 81.9 Å². The van der Waals surface area contributed by atoms with Gasteiger partial charge in [0.2, 0.25) is 17.3 Å². The number of hydrogen-bond acceptors (Lipinski definition) is 7. The topological polar surface area (TPSA) is 128 Å². The number of pyridine rings is 1. The van der Waals surface area contributed by atoms with Gasteiger partial charge in [-0.1, -0.05) is 0 Å². The molecular weight excluding hydrogens is 441 g/mol. The van der Waals surface area contributed by atoms with E-state index < -0.39 is 11.5 Å². The highest BCUT2D eigenvalue weighted by molar-refractivity contribution is 5.90. The van der Waals surface area contributed by atoms with E-state index in [9.17, 15) is 14.4 Å². The molecule has 0 spiro atoms. The molecule has 34 heavy (non-hydrogen) atoms. The number of benzene rings is 1. The molecule has 1 aromatic carbocycles. The summed E-state index contributed by atoms with van der Waals surface area (Å²) in [5, 5.41) is 14.8. The first-order chi connectivity index (χ1) is 16.2. The van der Waals surface area contributed by atoms with Crippen LogP contribution in [0.4, 0.5) is 10.3 Å². The summed E-state index contributed by atoms with van der Waals surface area (Å²) in [5.41, 5.74) is 9.88. The standard InChI is InChI=1S/C23H20FN7O3/c1-12-8-16(9-13(2)31(12)33)19-20(15-4-6-17(24)7-5-15)27-22(25)30-21(19)28-29(23(30)32)10-18-14(3)34-11-26-18/h4-9,11,25,33H,10H2,1-3H3/p+1. The number of nitrogen functional groups attached to an aromatic ring is 1. The Morgan fingerprint density at radius 2 is 1.79 bits per heavy atom. The highest BCUT2D eigenvalue weighted by Crippen LogP contribution is 2.34. The van der Waals surface area contributed by atoms with Crippen LogP contribution in [0.2, 0.25) is 0 Å². The average molecular weight is 462 g/mol. The fourth-order valence-electron chi connectivity index (χ4n) is 3.95. The van der Waals surface area contributed by atoms with Crippen LogP contribution in [0.25, 0.3) is 28.0 Å². The summed E-state index contributed by atoms with van der Waals surface area (Å²) < 4.78 is 22.4. The Kier molecular flexibility index (Phi) is 4.89. The van der Waals surface area contributed by atoms with Gasteiger partial charge in [-0.2, -0.15) is 0 Å². The smallest absolute Gasteiger partial charge is 0.353 e. The van der Waals surface area contributed by atoms with Gasteiger partial charge < -0.3 is 10.2 Å². The van der Waals surface area contributed by atoms with Gasteiger partial charge >= 0.3 is 5.69 Å². The summed E-state index contributed by atoms with van der Waals surface area (Å²) in [4.78, 5) is 21.9. The lowest BCUT2D eigenvalue weighted by atomic mass is 9.99. The molecule has 5 rings (SSSR count). The van der Waals surface area contributed by atoms with Crippen LogP contribution in [0, 0.1) is 26.6 Å². The van der Waals surface area contributed by atoms with Crippen LogP contribution in [0.1, 0.15) is 22.8 Å². The predicted molar refractivity (Wildman–Crippen MR) is 120 cm³/mol. The van der Waals surface area contributed by atoms with Crippen molar-refractivity contribution in [2.75, 3.05) is 5.73 Å². The molecule has 5 aromatic rings. The van der Waals surface area contributed by atoms with Crippen LogP contribution < -0.4 is 16.2 Å². The van der Waals surface area contributed by atoms with E-state index in [-0.39, 0.29) is 18.1 Å². The van der Waals surface area contributed by atoms with Crippen molar-refractivity contribution in [1.82, 2.24) is 24.1 Å². The molecule has 0 aliphatic carbocycles. The minimum Gasteiger partial charge on any atom is -0.448 e. The lowest BCUT2D eigenvalue weighted by Crippen LogP contribution is -2.37. The lowest BCUT2D eigenvalue weighted by molar-refractivity contribution is -0.912. The minimum absolute atomic E-state index is 0.0622. The Morgan fingerprint density at radius 1 is 1.12 bits per heavy atom. The summed E-state index contributed by atoms with van der Waals surface area (Å²) in [6, 6.07) is 9.31. The number of oxazole rings is 1. The molecule has 0 bridgehead atoms. The van der Waals surface area contributed by atoms with Crippen molar-refractivity contribution in [1.29, 1.82) is 0 Å². The third-order valence-corrected chi connectivity index (χ3v) is 5.70. The van der Waals surface area contributed by atoms with E-state index in [1.165, 1.54) is 27.6 Å². The van der Waals surface area contributed by atoms with Crippen molar-refractivity contribution in [3.63, 3.8) is 0 Å². The first-order valence-electron chi connectivity index (χ1n) is 10.4. The summed E-state index contributed by atoms with van der Waals surface area (Å²) in [5.74, 6) is 0.118. The Morgan fingerprint density at radius 3 is 2.41 bits per heavy atom. The predicted octanol–water partition coefficient (Wildman–Crippen LogP) is 2.43. The SMILES string of the molecule is Cc1ocnc1Cn1nc2c(-c3cc(C)[n+](O)c(C)c3)c(-c3ccc(F)cc3)nc(N)n2c1=O. The second-order valence-corrected chi connectivity index (χ2v) is 7.99. The molecule has 4 aromatic heterocycles. The second kappa shape index (κ2) is 7.80. The highest BCUT2D eigenvalue weighted by atomic mass is 19.1. The number of hydrogen-bond donors (Lipinski definition) is 2. The van der Waals surface area contributed by atoms with Gasteiger partial charge in [0.25, 0.3) is 0 Å². The van der Waals surface area contributed by atoms with Crippen LogP contribution in [0.15, 0.2) is 52.0 Å².